The van der Waals surface area contributed by atoms with Crippen LogP contribution in [0, 0.1) is 11.8 Å². The molecule has 1 aliphatic carbocycles. The summed E-state index contributed by atoms with van der Waals surface area (Å²) >= 11 is 0. The van der Waals surface area contributed by atoms with Crippen LogP contribution < -0.4 is 9.47 Å². The molecule has 1 aromatic carbocycles. The minimum Gasteiger partial charge on any atom is -0.497 e. The maximum Gasteiger partial charge on any atom is 0.218 e. The SMILES string of the molecule is CCCCC#CC1=C(OC(C)C)C(O)(c2ccc(OC)cc2OC)C1=O. The van der Waals surface area contributed by atoms with E-state index in [2.05, 4.69) is 18.8 Å². The quantitative estimate of drug-likeness (QED) is 0.598. The second-order valence-electron chi connectivity index (χ2n) is 6.38. The average molecular weight is 358 g/mol. The fourth-order valence-corrected chi connectivity index (χ4v) is 2.76. The van der Waals surface area contributed by atoms with Crippen LogP contribution in [0.5, 0.6) is 11.5 Å². The van der Waals surface area contributed by atoms with Crippen molar-refractivity contribution in [3.05, 3.63) is 35.1 Å². The summed E-state index contributed by atoms with van der Waals surface area (Å²) in [5.41, 5.74) is -1.34. The van der Waals surface area contributed by atoms with Crippen molar-refractivity contribution in [3.63, 3.8) is 0 Å². The van der Waals surface area contributed by atoms with E-state index in [0.717, 1.165) is 12.8 Å². The summed E-state index contributed by atoms with van der Waals surface area (Å²) in [6.45, 7) is 5.75. The highest BCUT2D eigenvalue weighted by Crippen LogP contribution is 2.48. The van der Waals surface area contributed by atoms with E-state index in [0.29, 0.717) is 23.5 Å². The zero-order valence-corrected chi connectivity index (χ0v) is 16.0. The molecule has 1 N–H and O–H groups in total. The van der Waals surface area contributed by atoms with Gasteiger partial charge in [-0.2, -0.15) is 0 Å². The van der Waals surface area contributed by atoms with Gasteiger partial charge in [0.25, 0.3) is 0 Å². The van der Waals surface area contributed by atoms with Gasteiger partial charge in [-0.1, -0.05) is 25.2 Å². The third-order valence-electron chi connectivity index (χ3n) is 4.13. The molecular weight excluding hydrogens is 332 g/mol. The maximum atomic E-state index is 12.8. The monoisotopic (exact) mass is 358 g/mol. The van der Waals surface area contributed by atoms with Gasteiger partial charge in [0.1, 0.15) is 17.1 Å². The van der Waals surface area contributed by atoms with E-state index in [1.807, 2.05) is 13.8 Å². The summed E-state index contributed by atoms with van der Waals surface area (Å²) in [5.74, 6) is 6.49. The summed E-state index contributed by atoms with van der Waals surface area (Å²) < 4.78 is 16.3. The predicted octanol–water partition coefficient (Wildman–Crippen LogP) is 3.35. The molecule has 0 radical (unpaired) electrons. The van der Waals surface area contributed by atoms with E-state index < -0.39 is 11.4 Å². The lowest BCUT2D eigenvalue weighted by atomic mass is 9.72. The number of hydrogen-bond donors (Lipinski definition) is 1. The zero-order chi connectivity index (χ0) is 19.3. The number of aliphatic hydroxyl groups is 1. The minimum atomic E-state index is -1.89. The van der Waals surface area contributed by atoms with Gasteiger partial charge in [0, 0.05) is 18.1 Å². The van der Waals surface area contributed by atoms with E-state index in [-0.39, 0.29) is 17.4 Å². The number of ketones is 1. The van der Waals surface area contributed by atoms with Crippen LogP contribution in [-0.2, 0) is 15.1 Å². The molecule has 0 amide bonds. The Bertz CT molecular complexity index is 766. The van der Waals surface area contributed by atoms with Gasteiger partial charge in [-0.05, 0) is 32.4 Å². The van der Waals surface area contributed by atoms with Gasteiger partial charge in [-0.15, -0.1) is 0 Å². The van der Waals surface area contributed by atoms with Gasteiger partial charge in [0.15, 0.2) is 5.76 Å². The smallest absolute Gasteiger partial charge is 0.218 e. The molecule has 2 rings (SSSR count). The Hall–Kier alpha value is -2.45. The molecule has 0 fully saturated rings. The maximum absolute atomic E-state index is 12.8. The number of rotatable bonds is 7. The van der Waals surface area contributed by atoms with Crippen molar-refractivity contribution in [2.24, 2.45) is 0 Å². The van der Waals surface area contributed by atoms with Crippen molar-refractivity contribution >= 4 is 5.78 Å². The fraction of sp³-hybridized carbons (Fsp3) is 0.476. The Morgan fingerprint density at radius 2 is 1.96 bits per heavy atom. The van der Waals surface area contributed by atoms with Gasteiger partial charge in [0.2, 0.25) is 11.4 Å². The number of Topliss-reactive ketones (excluding diaryl/α,β-unsaturated/α-hetero) is 1. The van der Waals surface area contributed by atoms with E-state index in [1.54, 1.807) is 18.2 Å². The molecule has 5 heteroatoms. The lowest BCUT2D eigenvalue weighted by molar-refractivity contribution is -0.142. The predicted molar refractivity (Wildman–Crippen MR) is 99.0 cm³/mol. The summed E-state index contributed by atoms with van der Waals surface area (Å²) in [6, 6.07) is 4.90. The lowest BCUT2D eigenvalue weighted by Crippen LogP contribution is -2.49. The largest absolute Gasteiger partial charge is 0.497 e. The molecule has 0 saturated carbocycles. The summed E-state index contributed by atoms with van der Waals surface area (Å²) in [6.07, 6.45) is 2.49. The Kier molecular flexibility index (Phi) is 6.33. The molecule has 26 heavy (non-hydrogen) atoms. The Balaban J connectivity index is 2.50. The highest BCUT2D eigenvalue weighted by molar-refractivity contribution is 6.15. The summed E-state index contributed by atoms with van der Waals surface area (Å²) in [7, 11) is 3.01. The summed E-state index contributed by atoms with van der Waals surface area (Å²) in [5, 5.41) is 11.2. The molecule has 1 unspecified atom stereocenters. The molecule has 140 valence electrons. The van der Waals surface area contributed by atoms with Crippen LogP contribution in [0.3, 0.4) is 0 Å². The third-order valence-corrected chi connectivity index (χ3v) is 4.13. The molecule has 1 aromatic rings. The average Bonchev–Trinajstić information content (AvgIpc) is 2.65. The highest BCUT2D eigenvalue weighted by atomic mass is 16.5. The number of methoxy groups -OCH3 is 2. The van der Waals surface area contributed by atoms with E-state index in [9.17, 15) is 9.90 Å². The van der Waals surface area contributed by atoms with Gasteiger partial charge < -0.3 is 19.3 Å². The number of benzene rings is 1. The standard InChI is InChI=1S/C21H26O5/c1-6-7-8-9-10-16-19(22)21(23,20(16)26-14(2)3)17-12-11-15(24-4)13-18(17)25-5/h11-14,23H,6-8H2,1-5H3. The molecule has 0 spiro atoms. The third kappa shape index (κ3) is 3.56. The van der Waals surface area contributed by atoms with E-state index in [1.165, 1.54) is 14.2 Å². The number of carbonyl (C=O) groups excluding carboxylic acids is 1. The van der Waals surface area contributed by atoms with Crippen LogP contribution in [0.4, 0.5) is 0 Å². The molecule has 0 aliphatic heterocycles. The van der Waals surface area contributed by atoms with Crippen molar-refractivity contribution in [3.8, 4) is 23.3 Å². The number of carbonyl (C=O) groups is 1. The Morgan fingerprint density at radius 3 is 2.54 bits per heavy atom. The molecule has 0 heterocycles. The normalized spacial score (nSPS) is 19.0. The van der Waals surface area contributed by atoms with Crippen LogP contribution in [0.1, 0.15) is 45.6 Å². The van der Waals surface area contributed by atoms with Gasteiger partial charge in [-0.3, -0.25) is 4.79 Å². The van der Waals surface area contributed by atoms with Crippen molar-refractivity contribution < 1.29 is 24.1 Å². The first-order chi connectivity index (χ1) is 12.4. The Labute approximate surface area is 155 Å². The van der Waals surface area contributed by atoms with E-state index in [4.69, 9.17) is 14.2 Å². The summed E-state index contributed by atoms with van der Waals surface area (Å²) in [4.78, 5) is 12.8. The van der Waals surface area contributed by atoms with Crippen molar-refractivity contribution in [2.75, 3.05) is 14.2 Å². The van der Waals surface area contributed by atoms with Crippen LogP contribution in [-0.4, -0.2) is 31.2 Å². The molecule has 1 aliphatic rings. The first kappa shape index (κ1) is 19.9. The molecule has 0 aromatic heterocycles. The van der Waals surface area contributed by atoms with Gasteiger partial charge >= 0.3 is 0 Å². The van der Waals surface area contributed by atoms with Crippen molar-refractivity contribution in [1.29, 1.82) is 0 Å². The topological polar surface area (TPSA) is 65.0 Å². The minimum absolute atomic E-state index is 0.185. The van der Waals surface area contributed by atoms with E-state index >= 15 is 0 Å². The van der Waals surface area contributed by atoms with Crippen LogP contribution >= 0.6 is 0 Å². The number of ether oxygens (including phenoxy) is 3. The second kappa shape index (κ2) is 8.29. The van der Waals surface area contributed by atoms with Crippen LogP contribution in [0.25, 0.3) is 0 Å². The van der Waals surface area contributed by atoms with Gasteiger partial charge in [-0.25, -0.2) is 0 Å². The highest BCUT2D eigenvalue weighted by Gasteiger charge is 2.57. The van der Waals surface area contributed by atoms with Crippen LogP contribution in [0.15, 0.2) is 29.5 Å². The molecule has 1 atom stereocenters. The first-order valence-electron chi connectivity index (χ1n) is 8.80. The molecule has 5 nitrogen and oxygen atoms in total. The van der Waals surface area contributed by atoms with Crippen molar-refractivity contribution in [1.82, 2.24) is 0 Å². The lowest BCUT2D eigenvalue weighted by Gasteiger charge is -2.39. The van der Waals surface area contributed by atoms with Crippen LogP contribution in [0.2, 0.25) is 0 Å². The van der Waals surface area contributed by atoms with Gasteiger partial charge in [0.05, 0.1) is 20.3 Å². The fourth-order valence-electron chi connectivity index (χ4n) is 2.76. The second-order valence-corrected chi connectivity index (χ2v) is 6.38. The Morgan fingerprint density at radius 1 is 1.23 bits per heavy atom. The first-order valence-corrected chi connectivity index (χ1v) is 8.80. The number of hydrogen-bond acceptors (Lipinski definition) is 5. The zero-order valence-electron chi connectivity index (χ0n) is 16.0. The molecule has 0 bridgehead atoms. The molecule has 0 saturated heterocycles. The van der Waals surface area contributed by atoms with Crippen molar-refractivity contribution in [2.45, 2.75) is 51.7 Å². The molecular formula is C21H26O5. The number of unbranched alkanes of at least 4 members (excludes halogenated alkanes) is 2.